The highest BCUT2D eigenvalue weighted by Crippen LogP contribution is 2.52. The van der Waals surface area contributed by atoms with Gasteiger partial charge in [0.2, 0.25) is 0 Å². The average molecular weight is 532 g/mol. The highest BCUT2D eigenvalue weighted by atomic mass is 31.2. The zero-order valence-corrected chi connectivity index (χ0v) is 21.6. The van der Waals surface area contributed by atoms with Gasteiger partial charge in [0.05, 0.1) is 30.9 Å². The summed E-state index contributed by atoms with van der Waals surface area (Å²) in [6.07, 6.45) is -0.383. The van der Waals surface area contributed by atoms with E-state index in [1.807, 2.05) is 6.07 Å². The monoisotopic (exact) mass is 531 g/mol. The van der Waals surface area contributed by atoms with Gasteiger partial charge in [0.1, 0.15) is 23.0 Å². The van der Waals surface area contributed by atoms with Crippen molar-refractivity contribution in [1.82, 2.24) is 14.6 Å². The number of hydrogen-bond donors (Lipinski definition) is 3. The van der Waals surface area contributed by atoms with Crippen molar-refractivity contribution in [1.29, 1.82) is 5.26 Å². The maximum atomic E-state index is 13.8. The van der Waals surface area contributed by atoms with Crippen LogP contribution in [0.25, 0.3) is 0 Å². The third kappa shape index (κ3) is 6.26. The molecule has 13 heteroatoms. The lowest BCUT2D eigenvalue weighted by Gasteiger charge is -2.30. The van der Waals surface area contributed by atoms with Gasteiger partial charge in [-0.25, -0.2) is 9.36 Å². The minimum atomic E-state index is -4.32. The van der Waals surface area contributed by atoms with Crippen molar-refractivity contribution in [2.75, 3.05) is 12.3 Å². The number of hydrogen-bond acceptors (Lipinski definition) is 10. The Balaban J connectivity index is 1.88. The smallest absolute Gasteiger partial charge is 0.459 e. The molecule has 37 heavy (non-hydrogen) atoms. The second kappa shape index (κ2) is 11.3. The van der Waals surface area contributed by atoms with Gasteiger partial charge >= 0.3 is 19.4 Å². The molecule has 1 heterocycles. The number of benzene rings is 1. The largest absolute Gasteiger partial charge is 0.462 e. The first-order chi connectivity index (χ1) is 17.4. The lowest BCUT2D eigenvalue weighted by atomic mass is 9.83. The van der Waals surface area contributed by atoms with Crippen LogP contribution in [0.15, 0.2) is 59.5 Å². The molecule has 1 aromatic heterocycles. The van der Waals surface area contributed by atoms with Crippen molar-refractivity contribution in [3.05, 3.63) is 65.2 Å². The quantitative estimate of drug-likeness (QED) is 0.233. The summed E-state index contributed by atoms with van der Waals surface area (Å²) in [5, 5.41) is 23.5. The van der Waals surface area contributed by atoms with Gasteiger partial charge in [-0.2, -0.15) is 15.3 Å². The highest BCUT2D eigenvalue weighted by Gasteiger charge is 2.53. The van der Waals surface area contributed by atoms with E-state index < -0.39 is 55.7 Å². The van der Waals surface area contributed by atoms with Crippen LogP contribution < -0.4 is 21.0 Å². The lowest BCUT2D eigenvalue weighted by molar-refractivity contribution is -0.149. The van der Waals surface area contributed by atoms with Crippen LogP contribution in [-0.4, -0.2) is 45.5 Å². The summed E-state index contributed by atoms with van der Waals surface area (Å²) in [5.74, 6) is -0.487. The first-order valence-electron chi connectivity index (χ1n) is 11.5. The van der Waals surface area contributed by atoms with Crippen LogP contribution in [0.4, 0.5) is 5.82 Å². The van der Waals surface area contributed by atoms with Crippen LogP contribution >= 0.6 is 7.75 Å². The molecule has 1 aromatic carbocycles. The number of aliphatic hydroxyl groups is 1. The Hall–Kier alpha value is -3.49. The molecule has 0 amide bonds. The molecule has 0 aliphatic heterocycles. The predicted molar refractivity (Wildman–Crippen MR) is 134 cm³/mol. The zero-order valence-electron chi connectivity index (χ0n) is 20.7. The molecular weight excluding hydrogens is 501 g/mol. The van der Waals surface area contributed by atoms with E-state index >= 15 is 0 Å². The zero-order chi connectivity index (χ0) is 27.4. The molecule has 1 aliphatic carbocycles. The Kier molecular flexibility index (Phi) is 8.56. The SMILES string of the molecule is C=C1[C@@H](n2ccc(N)nc2=O)C[C@H](O)[C@@]1(C#N)COP(=O)(NC(C)C(=O)OC(C)C)Oc1ccccc1. The van der Waals surface area contributed by atoms with Gasteiger partial charge in [0, 0.05) is 12.6 Å². The molecule has 0 spiro atoms. The summed E-state index contributed by atoms with van der Waals surface area (Å²) in [5.41, 5.74) is 3.30. The fourth-order valence-electron chi connectivity index (χ4n) is 3.90. The van der Waals surface area contributed by atoms with E-state index in [0.717, 1.165) is 0 Å². The van der Waals surface area contributed by atoms with E-state index in [1.54, 1.807) is 32.0 Å². The minimum absolute atomic E-state index is 0.0236. The van der Waals surface area contributed by atoms with Crippen LogP contribution in [0.2, 0.25) is 0 Å². The van der Waals surface area contributed by atoms with E-state index in [-0.39, 0.29) is 23.6 Å². The molecule has 3 rings (SSSR count). The fraction of sp³-hybridized carbons (Fsp3) is 0.417. The summed E-state index contributed by atoms with van der Waals surface area (Å²) < 4.78 is 31.4. The number of ether oxygens (including phenoxy) is 1. The number of esters is 1. The molecule has 2 aromatic rings. The van der Waals surface area contributed by atoms with Crippen LogP contribution in [0, 0.1) is 16.7 Å². The number of carbonyl (C=O) groups is 1. The summed E-state index contributed by atoms with van der Waals surface area (Å²) in [4.78, 5) is 28.4. The molecule has 0 radical (unpaired) electrons. The van der Waals surface area contributed by atoms with Crippen molar-refractivity contribution in [3.63, 3.8) is 0 Å². The number of carbonyl (C=O) groups excluding carboxylic acids is 1. The van der Waals surface area contributed by atoms with E-state index in [4.69, 9.17) is 19.5 Å². The summed E-state index contributed by atoms with van der Waals surface area (Å²) in [6, 6.07) is 9.64. The molecule has 0 saturated heterocycles. The fourth-order valence-corrected chi connectivity index (χ4v) is 5.43. The van der Waals surface area contributed by atoms with E-state index in [2.05, 4.69) is 16.7 Å². The van der Waals surface area contributed by atoms with Crippen LogP contribution in [0.1, 0.15) is 33.2 Å². The molecule has 4 N–H and O–H groups in total. The van der Waals surface area contributed by atoms with Crippen molar-refractivity contribution < 1.29 is 28.3 Å². The van der Waals surface area contributed by atoms with Crippen LogP contribution in [0.3, 0.4) is 0 Å². The lowest BCUT2D eigenvalue weighted by Crippen LogP contribution is -2.39. The van der Waals surface area contributed by atoms with Gasteiger partial charge in [-0.05, 0) is 44.5 Å². The van der Waals surface area contributed by atoms with Crippen LogP contribution in [-0.2, 0) is 18.6 Å². The van der Waals surface area contributed by atoms with E-state index in [0.29, 0.717) is 0 Å². The number of nitrogens with one attached hydrogen (secondary N) is 1. The molecule has 5 atom stereocenters. The van der Waals surface area contributed by atoms with Gasteiger partial charge < -0.3 is 20.1 Å². The number of aliphatic hydroxyl groups excluding tert-OH is 1. The summed E-state index contributed by atoms with van der Waals surface area (Å²) >= 11 is 0. The molecule has 1 aliphatic rings. The van der Waals surface area contributed by atoms with Gasteiger partial charge in [-0.3, -0.25) is 13.9 Å². The van der Waals surface area contributed by atoms with E-state index in [1.165, 1.54) is 35.9 Å². The van der Waals surface area contributed by atoms with Gasteiger partial charge in [-0.1, -0.05) is 24.8 Å². The molecule has 1 saturated carbocycles. The third-order valence-electron chi connectivity index (χ3n) is 5.87. The number of aromatic nitrogens is 2. The van der Waals surface area contributed by atoms with Gasteiger partial charge in [-0.15, -0.1) is 0 Å². The average Bonchev–Trinajstić information content (AvgIpc) is 3.07. The Morgan fingerprint density at radius 1 is 1.38 bits per heavy atom. The maximum Gasteiger partial charge on any atom is 0.459 e. The third-order valence-corrected chi connectivity index (χ3v) is 7.49. The minimum Gasteiger partial charge on any atom is -0.462 e. The topological polar surface area (TPSA) is 179 Å². The number of nitrogen functional groups attached to an aromatic ring is 1. The Bertz CT molecular complexity index is 1290. The Morgan fingerprint density at radius 2 is 2.05 bits per heavy atom. The van der Waals surface area contributed by atoms with Gasteiger partial charge in [0.25, 0.3) is 0 Å². The summed E-state index contributed by atoms with van der Waals surface area (Å²) in [6.45, 7) is 8.11. The number of nitrogens with two attached hydrogens (primary N) is 1. The highest BCUT2D eigenvalue weighted by molar-refractivity contribution is 7.52. The van der Waals surface area contributed by atoms with E-state index in [9.17, 15) is 24.5 Å². The predicted octanol–water partition coefficient (Wildman–Crippen LogP) is 2.33. The number of anilines is 1. The van der Waals surface area contributed by atoms with Crippen molar-refractivity contribution in [2.24, 2.45) is 5.41 Å². The molecule has 12 nitrogen and oxygen atoms in total. The van der Waals surface area contributed by atoms with Crippen LogP contribution in [0.5, 0.6) is 5.75 Å². The first-order valence-corrected chi connectivity index (χ1v) is 13.1. The Labute approximate surface area is 214 Å². The molecule has 1 fully saturated rings. The number of nitriles is 1. The molecule has 0 bridgehead atoms. The van der Waals surface area contributed by atoms with Crippen molar-refractivity contribution in [3.8, 4) is 11.8 Å². The van der Waals surface area contributed by atoms with Crippen molar-refractivity contribution in [2.45, 2.75) is 51.5 Å². The van der Waals surface area contributed by atoms with Crippen molar-refractivity contribution >= 4 is 19.5 Å². The van der Waals surface area contributed by atoms with Gasteiger partial charge in [0.15, 0.2) is 0 Å². The molecular formula is C24H30N5O7P. The number of rotatable bonds is 10. The second-order valence-electron chi connectivity index (χ2n) is 8.93. The number of para-hydroxylation sites is 1. The number of nitrogens with zero attached hydrogens (tertiary/aromatic N) is 3. The maximum absolute atomic E-state index is 13.8. The normalized spacial score (nSPS) is 23.7. The molecule has 198 valence electrons. The summed E-state index contributed by atoms with van der Waals surface area (Å²) in [7, 11) is -4.32. The standard InChI is InChI=1S/C24H30N5O7P/c1-15(2)35-22(31)17(4)28-37(33,36-18-8-6-5-7-9-18)34-14-24(13-25)16(3)19(12-20(24)30)29-11-10-21(26)27-23(29)32/h5-11,15,17,19-20,30H,3,12,14H2,1-2,4H3,(H,28,33)(H2,26,27,32)/t17?,19-,20-,24-,37?/m0/s1. The Morgan fingerprint density at radius 3 is 2.65 bits per heavy atom. The molecule has 2 unspecified atom stereocenters. The first kappa shape index (κ1) is 28.1. The second-order valence-corrected chi connectivity index (χ2v) is 10.6.